The molecule has 0 fully saturated rings. The van der Waals surface area contributed by atoms with Gasteiger partial charge in [0.15, 0.2) is 0 Å². The van der Waals surface area contributed by atoms with Crippen molar-refractivity contribution in [1.82, 2.24) is 5.32 Å². The second kappa shape index (κ2) is 8.15. The van der Waals surface area contributed by atoms with E-state index in [1.807, 2.05) is 56.3 Å². The molecule has 0 radical (unpaired) electrons. The lowest BCUT2D eigenvalue weighted by atomic mass is 9.98. The average molecular weight is 347 g/mol. The maximum atomic E-state index is 12.7. The number of ether oxygens (including phenoxy) is 1. The molecular weight excluding hydrogens is 322 g/mol. The van der Waals surface area contributed by atoms with Gasteiger partial charge in [-0.25, -0.2) is 4.79 Å². The number of nitrogens with one attached hydrogen (secondary N) is 1. The number of carbonyl (C=O) groups excluding carboxylic acids is 1. The van der Waals surface area contributed by atoms with Crippen molar-refractivity contribution in [3.63, 3.8) is 0 Å². The standard InChI is InChI=1S/C23H25NO2/c1-16(2)26-23(25)22(19-11-5-4-6-12-19)24-17(3)20-15-9-13-18-10-7-8-14-21(18)20/h4-17,22,24H,1-3H3/t17-,22-/m1/s1. The number of benzene rings is 3. The topological polar surface area (TPSA) is 38.3 Å². The molecule has 3 nitrogen and oxygen atoms in total. The molecule has 0 unspecified atom stereocenters. The van der Waals surface area contributed by atoms with Crippen LogP contribution in [0.25, 0.3) is 10.8 Å². The van der Waals surface area contributed by atoms with Crippen LogP contribution in [0.5, 0.6) is 0 Å². The molecule has 0 bridgehead atoms. The molecule has 0 spiro atoms. The van der Waals surface area contributed by atoms with Gasteiger partial charge in [0.1, 0.15) is 6.04 Å². The Balaban J connectivity index is 1.91. The lowest BCUT2D eigenvalue weighted by molar-refractivity contribution is -0.150. The van der Waals surface area contributed by atoms with Crippen molar-refractivity contribution >= 4 is 16.7 Å². The van der Waals surface area contributed by atoms with Gasteiger partial charge < -0.3 is 4.74 Å². The van der Waals surface area contributed by atoms with Gasteiger partial charge in [-0.3, -0.25) is 5.32 Å². The Kier molecular flexibility index (Phi) is 5.69. The van der Waals surface area contributed by atoms with Crippen molar-refractivity contribution in [2.75, 3.05) is 0 Å². The van der Waals surface area contributed by atoms with Crippen LogP contribution in [0, 0.1) is 0 Å². The third-order valence-electron chi connectivity index (χ3n) is 4.43. The predicted octanol–water partition coefficient (Wildman–Crippen LogP) is 5.18. The van der Waals surface area contributed by atoms with E-state index in [9.17, 15) is 4.79 Å². The van der Waals surface area contributed by atoms with E-state index in [0.717, 1.165) is 5.56 Å². The van der Waals surface area contributed by atoms with Crippen LogP contribution in [0.2, 0.25) is 0 Å². The molecule has 3 aromatic rings. The van der Waals surface area contributed by atoms with Crippen molar-refractivity contribution in [2.45, 2.75) is 39.0 Å². The second-order valence-electron chi connectivity index (χ2n) is 6.79. The highest BCUT2D eigenvalue weighted by molar-refractivity contribution is 5.86. The van der Waals surface area contributed by atoms with E-state index in [0.29, 0.717) is 0 Å². The molecule has 26 heavy (non-hydrogen) atoms. The van der Waals surface area contributed by atoms with Crippen molar-refractivity contribution < 1.29 is 9.53 Å². The molecule has 0 aliphatic heterocycles. The van der Waals surface area contributed by atoms with Crippen molar-refractivity contribution in [1.29, 1.82) is 0 Å². The Morgan fingerprint density at radius 2 is 1.50 bits per heavy atom. The quantitative estimate of drug-likeness (QED) is 0.624. The van der Waals surface area contributed by atoms with Gasteiger partial charge in [-0.1, -0.05) is 72.8 Å². The van der Waals surface area contributed by atoms with Crippen LogP contribution in [0.3, 0.4) is 0 Å². The molecule has 0 saturated carbocycles. The zero-order chi connectivity index (χ0) is 18.5. The summed E-state index contributed by atoms with van der Waals surface area (Å²) in [4.78, 5) is 12.7. The van der Waals surface area contributed by atoms with Crippen LogP contribution < -0.4 is 5.32 Å². The summed E-state index contributed by atoms with van der Waals surface area (Å²) in [6.45, 7) is 5.82. The molecule has 0 amide bonds. The van der Waals surface area contributed by atoms with Crippen molar-refractivity contribution in [3.05, 3.63) is 83.9 Å². The van der Waals surface area contributed by atoms with Gasteiger partial charge in [0.25, 0.3) is 0 Å². The SMILES string of the molecule is CC(C)OC(=O)[C@H](N[C@H](C)c1cccc2ccccc12)c1ccccc1. The fourth-order valence-corrected chi connectivity index (χ4v) is 3.21. The van der Waals surface area contributed by atoms with Gasteiger partial charge >= 0.3 is 5.97 Å². The van der Waals surface area contributed by atoms with Gasteiger partial charge in [-0.05, 0) is 42.7 Å². The van der Waals surface area contributed by atoms with Crippen LogP contribution in [-0.2, 0) is 9.53 Å². The fraction of sp³-hybridized carbons (Fsp3) is 0.261. The minimum Gasteiger partial charge on any atom is -0.462 e. The third-order valence-corrected chi connectivity index (χ3v) is 4.43. The maximum Gasteiger partial charge on any atom is 0.328 e. The molecule has 0 aromatic heterocycles. The van der Waals surface area contributed by atoms with E-state index >= 15 is 0 Å². The van der Waals surface area contributed by atoms with E-state index in [2.05, 4.69) is 42.6 Å². The van der Waals surface area contributed by atoms with Gasteiger partial charge in [-0.15, -0.1) is 0 Å². The summed E-state index contributed by atoms with van der Waals surface area (Å²) < 4.78 is 5.49. The van der Waals surface area contributed by atoms with E-state index < -0.39 is 6.04 Å². The largest absolute Gasteiger partial charge is 0.462 e. The lowest BCUT2D eigenvalue weighted by Gasteiger charge is -2.24. The number of fused-ring (bicyclic) bond motifs is 1. The first-order chi connectivity index (χ1) is 12.6. The number of hydrogen-bond acceptors (Lipinski definition) is 3. The van der Waals surface area contributed by atoms with Crippen molar-refractivity contribution in [3.8, 4) is 0 Å². The van der Waals surface area contributed by atoms with Gasteiger partial charge in [0.05, 0.1) is 6.10 Å². The summed E-state index contributed by atoms with van der Waals surface area (Å²) >= 11 is 0. The first-order valence-corrected chi connectivity index (χ1v) is 9.05. The summed E-state index contributed by atoms with van der Waals surface area (Å²) in [6, 6.07) is 23.8. The number of hydrogen-bond donors (Lipinski definition) is 1. The maximum absolute atomic E-state index is 12.7. The minimum atomic E-state index is -0.507. The molecule has 3 aromatic carbocycles. The van der Waals surface area contributed by atoms with Crippen LogP contribution in [0.15, 0.2) is 72.8 Å². The van der Waals surface area contributed by atoms with Crippen molar-refractivity contribution in [2.24, 2.45) is 0 Å². The van der Waals surface area contributed by atoms with Crippen LogP contribution in [-0.4, -0.2) is 12.1 Å². The highest BCUT2D eigenvalue weighted by Gasteiger charge is 2.25. The average Bonchev–Trinajstić information content (AvgIpc) is 2.65. The second-order valence-corrected chi connectivity index (χ2v) is 6.79. The molecule has 1 N–H and O–H groups in total. The Labute approximate surface area is 155 Å². The van der Waals surface area contributed by atoms with Gasteiger partial charge in [0.2, 0.25) is 0 Å². The summed E-state index contributed by atoms with van der Waals surface area (Å²) in [6.07, 6.45) is -0.150. The van der Waals surface area contributed by atoms with Crippen LogP contribution >= 0.6 is 0 Å². The summed E-state index contributed by atoms with van der Waals surface area (Å²) in [7, 11) is 0. The smallest absolute Gasteiger partial charge is 0.328 e. The first kappa shape index (κ1) is 18.2. The molecule has 0 aliphatic carbocycles. The van der Waals surface area contributed by atoms with Crippen LogP contribution in [0.1, 0.15) is 44.0 Å². The Bertz CT molecular complexity index is 868. The molecule has 134 valence electrons. The predicted molar refractivity (Wildman–Crippen MR) is 106 cm³/mol. The number of esters is 1. The van der Waals surface area contributed by atoms with E-state index in [1.165, 1.54) is 16.3 Å². The molecule has 3 heteroatoms. The minimum absolute atomic E-state index is 0.00832. The lowest BCUT2D eigenvalue weighted by Crippen LogP contribution is -2.33. The fourth-order valence-electron chi connectivity index (χ4n) is 3.21. The molecule has 2 atom stereocenters. The van der Waals surface area contributed by atoms with E-state index in [4.69, 9.17) is 4.74 Å². The Hall–Kier alpha value is -2.65. The Morgan fingerprint density at radius 1 is 0.846 bits per heavy atom. The first-order valence-electron chi connectivity index (χ1n) is 9.05. The zero-order valence-corrected chi connectivity index (χ0v) is 15.5. The number of carbonyl (C=O) groups is 1. The summed E-state index contributed by atoms with van der Waals surface area (Å²) in [5, 5.41) is 5.86. The van der Waals surface area contributed by atoms with Crippen LogP contribution in [0.4, 0.5) is 0 Å². The normalized spacial score (nSPS) is 13.5. The van der Waals surface area contributed by atoms with E-state index in [-0.39, 0.29) is 18.1 Å². The Morgan fingerprint density at radius 3 is 2.23 bits per heavy atom. The monoisotopic (exact) mass is 347 g/mol. The molecule has 0 heterocycles. The van der Waals surface area contributed by atoms with Gasteiger partial charge in [0, 0.05) is 6.04 Å². The van der Waals surface area contributed by atoms with E-state index in [1.54, 1.807) is 0 Å². The molecular formula is C23H25NO2. The molecule has 0 aliphatic rings. The summed E-state index contributed by atoms with van der Waals surface area (Å²) in [5.41, 5.74) is 2.08. The zero-order valence-electron chi connectivity index (χ0n) is 15.5. The molecule has 3 rings (SSSR count). The molecule has 0 saturated heterocycles. The van der Waals surface area contributed by atoms with Gasteiger partial charge in [-0.2, -0.15) is 0 Å². The highest BCUT2D eigenvalue weighted by atomic mass is 16.5. The highest BCUT2D eigenvalue weighted by Crippen LogP contribution is 2.27. The third kappa shape index (κ3) is 4.12. The number of rotatable bonds is 6. The summed E-state index contributed by atoms with van der Waals surface area (Å²) in [5.74, 6) is -0.252.